The molecular formula is C10H12FNO2. The van der Waals surface area contributed by atoms with E-state index in [4.69, 9.17) is 5.11 Å². The van der Waals surface area contributed by atoms with E-state index in [1.165, 1.54) is 6.07 Å². The summed E-state index contributed by atoms with van der Waals surface area (Å²) in [6.45, 7) is 0. The van der Waals surface area contributed by atoms with Crippen molar-refractivity contribution < 1.29 is 14.3 Å². The van der Waals surface area contributed by atoms with E-state index < -0.39 is 12.0 Å². The number of nitrogens with one attached hydrogen (secondary N) is 1. The standard InChI is InChI=1S/C10H12FNO2/c1-12-9(10(13)14)6-7-4-2-3-5-8(7)11/h2-5,9,12H,6H2,1H3,(H,13,14)/t9-/m0/s1. The van der Waals surface area contributed by atoms with E-state index in [1.54, 1.807) is 25.2 Å². The molecular weight excluding hydrogens is 185 g/mol. The second-order valence-corrected chi connectivity index (χ2v) is 2.98. The van der Waals surface area contributed by atoms with Crippen molar-refractivity contribution in [2.24, 2.45) is 0 Å². The molecule has 0 aromatic heterocycles. The van der Waals surface area contributed by atoms with Crippen LogP contribution in [0.4, 0.5) is 4.39 Å². The molecule has 0 bridgehead atoms. The highest BCUT2D eigenvalue weighted by molar-refractivity contribution is 5.73. The van der Waals surface area contributed by atoms with Crippen LogP contribution in [-0.2, 0) is 11.2 Å². The van der Waals surface area contributed by atoms with Gasteiger partial charge in [-0.25, -0.2) is 4.39 Å². The minimum atomic E-state index is -0.976. The lowest BCUT2D eigenvalue weighted by Crippen LogP contribution is -2.35. The van der Waals surface area contributed by atoms with Gasteiger partial charge in [-0.3, -0.25) is 4.79 Å². The first kappa shape index (κ1) is 10.7. The first-order valence-corrected chi connectivity index (χ1v) is 4.28. The first-order valence-electron chi connectivity index (χ1n) is 4.28. The summed E-state index contributed by atoms with van der Waals surface area (Å²) in [5.74, 6) is -1.34. The summed E-state index contributed by atoms with van der Waals surface area (Å²) < 4.78 is 13.1. The summed E-state index contributed by atoms with van der Waals surface area (Å²) in [7, 11) is 1.54. The van der Waals surface area contributed by atoms with E-state index >= 15 is 0 Å². The quantitative estimate of drug-likeness (QED) is 0.758. The van der Waals surface area contributed by atoms with Gasteiger partial charge in [0.2, 0.25) is 0 Å². The van der Waals surface area contributed by atoms with Crippen LogP contribution >= 0.6 is 0 Å². The average molecular weight is 197 g/mol. The van der Waals surface area contributed by atoms with Crippen LogP contribution in [-0.4, -0.2) is 24.2 Å². The van der Waals surface area contributed by atoms with Gasteiger partial charge in [0.15, 0.2) is 0 Å². The number of benzene rings is 1. The molecule has 0 saturated heterocycles. The fraction of sp³-hybridized carbons (Fsp3) is 0.300. The van der Waals surface area contributed by atoms with Gasteiger partial charge in [-0.05, 0) is 18.7 Å². The lowest BCUT2D eigenvalue weighted by Gasteiger charge is -2.11. The number of aliphatic carboxylic acids is 1. The SMILES string of the molecule is CN[C@@H](Cc1ccccc1F)C(=O)O. The Kier molecular flexibility index (Phi) is 3.59. The van der Waals surface area contributed by atoms with Crippen LogP contribution < -0.4 is 5.32 Å². The number of hydrogen-bond donors (Lipinski definition) is 2. The van der Waals surface area contributed by atoms with Gasteiger partial charge in [0, 0.05) is 6.42 Å². The van der Waals surface area contributed by atoms with Crippen molar-refractivity contribution >= 4 is 5.97 Å². The number of likely N-dealkylation sites (N-methyl/N-ethyl adjacent to an activating group) is 1. The van der Waals surface area contributed by atoms with E-state index in [9.17, 15) is 9.18 Å². The Bertz CT molecular complexity index is 328. The van der Waals surface area contributed by atoms with E-state index in [0.717, 1.165) is 0 Å². The zero-order valence-corrected chi connectivity index (χ0v) is 7.83. The molecule has 0 aliphatic carbocycles. The molecule has 3 nitrogen and oxygen atoms in total. The number of carboxylic acid groups (broad SMARTS) is 1. The largest absolute Gasteiger partial charge is 0.480 e. The van der Waals surface area contributed by atoms with E-state index in [1.807, 2.05) is 0 Å². The van der Waals surface area contributed by atoms with Crippen LogP contribution in [0.3, 0.4) is 0 Å². The van der Waals surface area contributed by atoms with Gasteiger partial charge >= 0.3 is 5.97 Å². The normalized spacial score (nSPS) is 12.4. The maximum Gasteiger partial charge on any atom is 0.321 e. The third-order valence-electron chi connectivity index (χ3n) is 2.03. The number of halogens is 1. The zero-order valence-electron chi connectivity index (χ0n) is 7.83. The molecule has 14 heavy (non-hydrogen) atoms. The summed E-state index contributed by atoms with van der Waals surface area (Å²) in [4.78, 5) is 10.7. The van der Waals surface area contributed by atoms with Crippen molar-refractivity contribution in [2.45, 2.75) is 12.5 Å². The van der Waals surface area contributed by atoms with Crippen molar-refractivity contribution in [1.29, 1.82) is 0 Å². The molecule has 0 amide bonds. The Balaban J connectivity index is 2.77. The molecule has 0 spiro atoms. The number of hydrogen-bond acceptors (Lipinski definition) is 2. The van der Waals surface area contributed by atoms with Crippen LogP contribution in [0.2, 0.25) is 0 Å². The fourth-order valence-corrected chi connectivity index (χ4v) is 1.20. The van der Waals surface area contributed by atoms with Crippen molar-refractivity contribution in [3.05, 3.63) is 35.6 Å². The molecule has 0 aliphatic heterocycles. The second-order valence-electron chi connectivity index (χ2n) is 2.98. The molecule has 1 rings (SSSR count). The van der Waals surface area contributed by atoms with Crippen LogP contribution in [0.5, 0.6) is 0 Å². The first-order chi connectivity index (χ1) is 6.65. The van der Waals surface area contributed by atoms with E-state index in [2.05, 4.69) is 5.32 Å². The maximum atomic E-state index is 13.1. The summed E-state index contributed by atoms with van der Waals surface area (Å²) in [5.41, 5.74) is 0.411. The van der Waals surface area contributed by atoms with Crippen molar-refractivity contribution in [3.8, 4) is 0 Å². The summed E-state index contributed by atoms with van der Waals surface area (Å²) in [6.07, 6.45) is 0.151. The topological polar surface area (TPSA) is 49.3 Å². The molecule has 0 radical (unpaired) electrons. The number of rotatable bonds is 4. The predicted molar refractivity (Wildman–Crippen MR) is 50.6 cm³/mol. The molecule has 1 aromatic carbocycles. The van der Waals surface area contributed by atoms with Crippen molar-refractivity contribution in [2.75, 3.05) is 7.05 Å². The van der Waals surface area contributed by atoms with Crippen LogP contribution in [0.1, 0.15) is 5.56 Å². The van der Waals surface area contributed by atoms with E-state index in [0.29, 0.717) is 5.56 Å². The Labute approximate surface area is 81.6 Å². The average Bonchev–Trinajstić information content (AvgIpc) is 2.16. The van der Waals surface area contributed by atoms with Gasteiger partial charge in [-0.2, -0.15) is 0 Å². The Morgan fingerprint density at radius 3 is 2.71 bits per heavy atom. The molecule has 0 fully saturated rings. The third kappa shape index (κ3) is 2.53. The lowest BCUT2D eigenvalue weighted by atomic mass is 10.1. The molecule has 1 atom stereocenters. The van der Waals surface area contributed by atoms with E-state index in [-0.39, 0.29) is 12.2 Å². The molecule has 1 aromatic rings. The van der Waals surface area contributed by atoms with Crippen LogP contribution in [0, 0.1) is 5.82 Å². The molecule has 0 aliphatic rings. The number of carbonyl (C=O) groups is 1. The minimum absolute atomic E-state index is 0.151. The summed E-state index contributed by atoms with van der Waals surface area (Å²) >= 11 is 0. The van der Waals surface area contributed by atoms with Gasteiger partial charge in [0.05, 0.1) is 0 Å². The van der Waals surface area contributed by atoms with Gasteiger partial charge in [0.1, 0.15) is 11.9 Å². The van der Waals surface area contributed by atoms with Crippen molar-refractivity contribution in [3.63, 3.8) is 0 Å². The summed E-state index contributed by atoms with van der Waals surface area (Å²) in [6, 6.07) is 5.43. The predicted octanol–water partition coefficient (Wildman–Crippen LogP) is 1.04. The fourth-order valence-electron chi connectivity index (χ4n) is 1.20. The van der Waals surface area contributed by atoms with Gasteiger partial charge in [-0.15, -0.1) is 0 Å². The van der Waals surface area contributed by atoms with Gasteiger partial charge < -0.3 is 10.4 Å². The highest BCUT2D eigenvalue weighted by Gasteiger charge is 2.16. The van der Waals surface area contributed by atoms with Gasteiger partial charge in [0.25, 0.3) is 0 Å². The summed E-state index contributed by atoms with van der Waals surface area (Å²) in [5, 5.41) is 11.4. The third-order valence-corrected chi connectivity index (χ3v) is 2.03. The molecule has 4 heteroatoms. The Morgan fingerprint density at radius 2 is 2.21 bits per heavy atom. The Morgan fingerprint density at radius 1 is 1.57 bits per heavy atom. The van der Waals surface area contributed by atoms with Crippen LogP contribution in [0.15, 0.2) is 24.3 Å². The monoisotopic (exact) mass is 197 g/mol. The zero-order chi connectivity index (χ0) is 10.6. The van der Waals surface area contributed by atoms with Crippen molar-refractivity contribution in [1.82, 2.24) is 5.32 Å². The highest BCUT2D eigenvalue weighted by Crippen LogP contribution is 2.08. The number of carboxylic acids is 1. The van der Waals surface area contributed by atoms with Crippen LogP contribution in [0.25, 0.3) is 0 Å². The maximum absolute atomic E-state index is 13.1. The smallest absolute Gasteiger partial charge is 0.321 e. The molecule has 0 heterocycles. The lowest BCUT2D eigenvalue weighted by molar-refractivity contribution is -0.139. The highest BCUT2D eigenvalue weighted by atomic mass is 19.1. The minimum Gasteiger partial charge on any atom is -0.480 e. The molecule has 2 N–H and O–H groups in total. The molecule has 0 unspecified atom stereocenters. The Hall–Kier alpha value is -1.42. The van der Waals surface area contributed by atoms with Gasteiger partial charge in [-0.1, -0.05) is 18.2 Å². The molecule has 0 saturated carbocycles. The molecule has 76 valence electrons. The second kappa shape index (κ2) is 4.72.